The number of benzene rings is 3. The molecule has 0 N–H and O–H groups in total. The van der Waals surface area contributed by atoms with E-state index in [1.165, 1.54) is 28.2 Å². The van der Waals surface area contributed by atoms with Gasteiger partial charge in [0.2, 0.25) is 15.8 Å². The predicted octanol–water partition coefficient (Wildman–Crippen LogP) is 4.02. The maximum absolute atomic E-state index is 13.3. The van der Waals surface area contributed by atoms with Gasteiger partial charge in [0.1, 0.15) is 11.5 Å². The zero-order chi connectivity index (χ0) is 27.1. The zero-order valence-corrected chi connectivity index (χ0v) is 22.6. The number of sulfone groups is 1. The van der Waals surface area contributed by atoms with E-state index in [-0.39, 0.29) is 22.2 Å². The number of pyridine rings is 1. The molecule has 0 fully saturated rings. The van der Waals surface area contributed by atoms with Gasteiger partial charge >= 0.3 is 0 Å². The smallest absolute Gasteiger partial charge is 0.243 e. The highest BCUT2D eigenvalue weighted by Crippen LogP contribution is 2.24. The fourth-order valence-corrected chi connectivity index (χ4v) is 5.77. The molecule has 194 valence electrons. The monoisotopic (exact) mass is 547 g/mol. The van der Waals surface area contributed by atoms with Crippen LogP contribution in [0.4, 0.5) is 0 Å². The molecule has 0 bridgehead atoms. The van der Waals surface area contributed by atoms with Gasteiger partial charge in [0.25, 0.3) is 0 Å². The third-order valence-electron chi connectivity index (χ3n) is 6.12. The van der Waals surface area contributed by atoms with E-state index in [2.05, 4.69) is 15.1 Å². The molecular formula is C27H25N5O4S2. The van der Waals surface area contributed by atoms with Crippen LogP contribution in [0, 0.1) is 6.92 Å². The summed E-state index contributed by atoms with van der Waals surface area (Å²) in [6.07, 6.45) is 2.85. The number of fused-ring (bicyclic) bond motifs is 1. The lowest BCUT2D eigenvalue weighted by atomic mass is 10.1. The number of hydrogen-bond donors (Lipinski definition) is 0. The number of rotatable bonds is 7. The third kappa shape index (κ3) is 5.08. The first-order valence-corrected chi connectivity index (χ1v) is 15.0. The van der Waals surface area contributed by atoms with E-state index < -0.39 is 19.9 Å². The Morgan fingerprint density at radius 3 is 2.26 bits per heavy atom. The molecule has 0 aliphatic rings. The van der Waals surface area contributed by atoms with E-state index in [1.807, 2.05) is 37.3 Å². The molecule has 0 unspecified atom stereocenters. The van der Waals surface area contributed by atoms with Crippen molar-refractivity contribution in [3.63, 3.8) is 0 Å². The van der Waals surface area contributed by atoms with E-state index in [4.69, 9.17) is 0 Å². The molecule has 5 rings (SSSR count). The van der Waals surface area contributed by atoms with Crippen molar-refractivity contribution in [1.82, 2.24) is 24.1 Å². The van der Waals surface area contributed by atoms with Gasteiger partial charge in [-0.15, -0.1) is 5.10 Å². The third-order valence-corrected chi connectivity index (χ3v) is 9.05. The fourth-order valence-electron chi connectivity index (χ4n) is 3.99. The number of nitrogens with zero attached hydrogens (tertiary/aromatic N) is 5. The van der Waals surface area contributed by atoms with Gasteiger partial charge in [0.15, 0.2) is 9.84 Å². The van der Waals surface area contributed by atoms with Crippen molar-refractivity contribution in [3.05, 3.63) is 96.4 Å². The minimum atomic E-state index is -3.83. The highest BCUT2D eigenvalue weighted by molar-refractivity contribution is 7.90. The van der Waals surface area contributed by atoms with Crippen molar-refractivity contribution in [3.8, 4) is 17.2 Å². The Kier molecular flexibility index (Phi) is 6.59. The molecule has 0 saturated carbocycles. The SMILES string of the molecule is Cc1ccc(S(=O)(=O)N(C)Cc2nc(-c3cc4ccccc4cn3)nn2-c2cccc(S(C)(=O)=O)c2)cc1. The van der Waals surface area contributed by atoms with Crippen LogP contribution in [-0.4, -0.2) is 54.2 Å². The van der Waals surface area contributed by atoms with Crippen molar-refractivity contribution >= 4 is 30.6 Å². The predicted molar refractivity (Wildman–Crippen MR) is 145 cm³/mol. The van der Waals surface area contributed by atoms with Crippen LogP contribution in [0.2, 0.25) is 0 Å². The second kappa shape index (κ2) is 9.75. The second-order valence-electron chi connectivity index (χ2n) is 9.02. The molecule has 38 heavy (non-hydrogen) atoms. The quantitative estimate of drug-likeness (QED) is 0.302. The van der Waals surface area contributed by atoms with Crippen LogP contribution in [0.15, 0.2) is 94.9 Å². The van der Waals surface area contributed by atoms with Gasteiger partial charge < -0.3 is 0 Å². The summed E-state index contributed by atoms with van der Waals surface area (Å²) in [6, 6.07) is 22.5. The Balaban J connectivity index is 1.61. The van der Waals surface area contributed by atoms with Crippen molar-refractivity contribution in [2.75, 3.05) is 13.3 Å². The summed E-state index contributed by atoms with van der Waals surface area (Å²) >= 11 is 0. The van der Waals surface area contributed by atoms with E-state index in [1.54, 1.807) is 42.6 Å². The van der Waals surface area contributed by atoms with E-state index >= 15 is 0 Å². The maximum Gasteiger partial charge on any atom is 0.243 e. The van der Waals surface area contributed by atoms with Gasteiger partial charge in [-0.3, -0.25) is 4.98 Å². The molecule has 2 aromatic heterocycles. The Labute approximate surface area is 221 Å². The van der Waals surface area contributed by atoms with Crippen LogP contribution >= 0.6 is 0 Å². The molecule has 0 saturated heterocycles. The van der Waals surface area contributed by atoms with Crippen LogP contribution in [-0.2, 0) is 26.4 Å². The van der Waals surface area contributed by atoms with Gasteiger partial charge in [-0.1, -0.05) is 48.0 Å². The molecular weight excluding hydrogens is 522 g/mol. The van der Waals surface area contributed by atoms with Crippen molar-refractivity contribution in [1.29, 1.82) is 0 Å². The first kappa shape index (κ1) is 25.7. The van der Waals surface area contributed by atoms with E-state index in [9.17, 15) is 16.8 Å². The molecule has 0 amide bonds. The Morgan fingerprint density at radius 2 is 1.55 bits per heavy atom. The minimum Gasteiger partial charge on any atom is -0.252 e. The molecule has 0 aliphatic heterocycles. The average molecular weight is 548 g/mol. The summed E-state index contributed by atoms with van der Waals surface area (Å²) in [7, 11) is -5.84. The number of sulfonamides is 1. The first-order chi connectivity index (χ1) is 18.0. The Bertz CT molecular complexity index is 1870. The highest BCUT2D eigenvalue weighted by Gasteiger charge is 2.25. The summed E-state index contributed by atoms with van der Waals surface area (Å²) in [4.78, 5) is 9.42. The molecule has 0 atom stereocenters. The van der Waals surface area contributed by atoms with E-state index in [0.29, 0.717) is 17.2 Å². The lowest BCUT2D eigenvalue weighted by Gasteiger charge is -2.17. The minimum absolute atomic E-state index is 0.111. The molecule has 11 heteroatoms. The van der Waals surface area contributed by atoms with Gasteiger partial charge in [-0.05, 0) is 48.7 Å². The van der Waals surface area contributed by atoms with Gasteiger partial charge in [0.05, 0.1) is 22.0 Å². The number of aromatic nitrogens is 4. The normalized spacial score (nSPS) is 12.3. The zero-order valence-electron chi connectivity index (χ0n) is 21.0. The summed E-state index contributed by atoms with van der Waals surface area (Å²) in [5.74, 6) is 0.593. The largest absolute Gasteiger partial charge is 0.252 e. The highest BCUT2D eigenvalue weighted by atomic mass is 32.2. The molecule has 0 aliphatic carbocycles. The molecule has 9 nitrogen and oxygen atoms in total. The van der Waals surface area contributed by atoms with Crippen LogP contribution in [0.1, 0.15) is 11.4 Å². The molecule has 0 radical (unpaired) electrons. The lowest BCUT2D eigenvalue weighted by molar-refractivity contribution is 0.452. The van der Waals surface area contributed by atoms with Crippen molar-refractivity contribution in [2.45, 2.75) is 23.3 Å². The first-order valence-electron chi connectivity index (χ1n) is 11.7. The van der Waals surface area contributed by atoms with Gasteiger partial charge in [0, 0.05) is 24.9 Å². The topological polar surface area (TPSA) is 115 Å². The summed E-state index contributed by atoms with van der Waals surface area (Å²) in [5.41, 5.74) is 1.89. The lowest BCUT2D eigenvalue weighted by Crippen LogP contribution is -2.28. The second-order valence-corrected chi connectivity index (χ2v) is 13.1. The standard InChI is InChI=1S/C27H25N5O4S2/c1-19-11-13-23(14-12-19)38(35,36)31(2)18-26-29-27(25-15-20-7-4-5-8-21(20)17-28-25)30-32(26)22-9-6-10-24(16-22)37(3,33)34/h4-17H,18H2,1-3H3. The van der Waals surface area contributed by atoms with Crippen molar-refractivity contribution < 1.29 is 16.8 Å². The molecule has 0 spiro atoms. The summed E-state index contributed by atoms with van der Waals surface area (Å²) in [6.45, 7) is 1.77. The number of aryl methyl sites for hydroxylation is 1. The van der Waals surface area contributed by atoms with E-state index in [0.717, 1.165) is 22.6 Å². The molecule has 2 heterocycles. The van der Waals surface area contributed by atoms with Crippen LogP contribution < -0.4 is 0 Å². The fraction of sp³-hybridized carbons (Fsp3) is 0.148. The molecule has 5 aromatic rings. The Hall–Kier alpha value is -3.93. The van der Waals surface area contributed by atoms with Gasteiger partial charge in [-0.25, -0.2) is 26.5 Å². The van der Waals surface area contributed by atoms with Gasteiger partial charge in [-0.2, -0.15) is 4.31 Å². The number of hydrogen-bond acceptors (Lipinski definition) is 7. The van der Waals surface area contributed by atoms with Crippen LogP contribution in [0.3, 0.4) is 0 Å². The Morgan fingerprint density at radius 1 is 0.842 bits per heavy atom. The maximum atomic E-state index is 13.3. The van der Waals surface area contributed by atoms with Crippen LogP contribution in [0.5, 0.6) is 0 Å². The van der Waals surface area contributed by atoms with Crippen molar-refractivity contribution in [2.24, 2.45) is 0 Å². The summed E-state index contributed by atoms with van der Waals surface area (Å²) in [5, 5.41) is 6.54. The summed E-state index contributed by atoms with van der Waals surface area (Å²) < 4.78 is 53.6. The van der Waals surface area contributed by atoms with Crippen LogP contribution in [0.25, 0.3) is 28.0 Å². The molecule has 3 aromatic carbocycles. The average Bonchev–Trinajstić information content (AvgIpc) is 3.32.